The van der Waals surface area contributed by atoms with Gasteiger partial charge in [0.05, 0.1) is 19.8 Å². The molecule has 5 heteroatoms. The molecule has 20 heavy (non-hydrogen) atoms. The van der Waals surface area contributed by atoms with E-state index in [-0.39, 0.29) is 24.3 Å². The lowest BCUT2D eigenvalue weighted by atomic mass is 10.2. The number of methoxy groups -OCH3 is 1. The predicted octanol–water partition coefficient (Wildman–Crippen LogP) is 2.48. The van der Waals surface area contributed by atoms with Crippen molar-refractivity contribution in [3.05, 3.63) is 30.2 Å². The highest BCUT2D eigenvalue weighted by atomic mass is 16.5. The number of furan rings is 1. The summed E-state index contributed by atoms with van der Waals surface area (Å²) in [6.07, 6.45) is 5.65. The van der Waals surface area contributed by atoms with Crippen LogP contribution in [-0.4, -0.2) is 36.5 Å². The largest absolute Gasteiger partial charge is 0.469 e. The van der Waals surface area contributed by atoms with Crippen LogP contribution in [0.5, 0.6) is 0 Å². The van der Waals surface area contributed by atoms with E-state index >= 15 is 0 Å². The highest BCUT2D eigenvalue weighted by Gasteiger charge is 2.18. The number of rotatable bonds is 7. The average molecular weight is 279 g/mol. The molecule has 1 amide bonds. The molecule has 0 radical (unpaired) electrons. The Morgan fingerprint density at radius 1 is 1.50 bits per heavy atom. The Labute approximate surface area is 119 Å². The summed E-state index contributed by atoms with van der Waals surface area (Å²) >= 11 is 0. The van der Waals surface area contributed by atoms with Gasteiger partial charge in [-0.2, -0.15) is 0 Å². The van der Waals surface area contributed by atoms with E-state index in [1.807, 2.05) is 13.8 Å². The second kappa shape index (κ2) is 8.19. The maximum Gasteiger partial charge on any atom is 0.307 e. The Kier molecular flexibility index (Phi) is 6.56. The van der Waals surface area contributed by atoms with E-state index in [1.54, 1.807) is 29.4 Å². The first-order chi connectivity index (χ1) is 9.58. The zero-order chi connectivity index (χ0) is 15.0. The first-order valence-electron chi connectivity index (χ1n) is 6.67. The Hall–Kier alpha value is -2.04. The molecule has 1 aromatic heterocycles. The van der Waals surface area contributed by atoms with Gasteiger partial charge in [0.25, 0.3) is 0 Å². The molecule has 0 aliphatic heterocycles. The number of amides is 1. The van der Waals surface area contributed by atoms with Crippen LogP contribution < -0.4 is 0 Å². The number of carbonyl (C=O) groups excluding carboxylic acids is 2. The molecule has 110 valence electrons. The molecule has 0 spiro atoms. The summed E-state index contributed by atoms with van der Waals surface area (Å²) in [5.74, 6) is 0.163. The fourth-order valence-corrected chi connectivity index (χ4v) is 1.72. The molecule has 0 saturated carbocycles. The Morgan fingerprint density at radius 2 is 2.25 bits per heavy atom. The first-order valence-corrected chi connectivity index (χ1v) is 6.67. The lowest BCUT2D eigenvalue weighted by Crippen LogP contribution is -2.38. The number of hydrogen-bond donors (Lipinski definition) is 0. The third-order valence-electron chi connectivity index (χ3n) is 3.12. The summed E-state index contributed by atoms with van der Waals surface area (Å²) in [7, 11) is 1.34. The van der Waals surface area contributed by atoms with Gasteiger partial charge < -0.3 is 14.1 Å². The van der Waals surface area contributed by atoms with Gasteiger partial charge in [-0.1, -0.05) is 6.92 Å². The van der Waals surface area contributed by atoms with Crippen molar-refractivity contribution in [2.24, 2.45) is 0 Å². The monoisotopic (exact) mass is 279 g/mol. The molecule has 1 aromatic rings. The fourth-order valence-electron chi connectivity index (χ4n) is 1.72. The average Bonchev–Trinajstić information content (AvgIpc) is 2.97. The molecule has 1 unspecified atom stereocenters. The second-order valence-corrected chi connectivity index (χ2v) is 4.46. The summed E-state index contributed by atoms with van der Waals surface area (Å²) < 4.78 is 9.74. The van der Waals surface area contributed by atoms with Crippen LogP contribution >= 0.6 is 0 Å². The molecule has 0 aromatic carbocycles. The second-order valence-electron chi connectivity index (χ2n) is 4.46. The molecule has 5 nitrogen and oxygen atoms in total. The molecular weight excluding hydrogens is 258 g/mol. The van der Waals surface area contributed by atoms with Gasteiger partial charge in [-0.3, -0.25) is 9.59 Å². The van der Waals surface area contributed by atoms with Gasteiger partial charge >= 0.3 is 5.97 Å². The van der Waals surface area contributed by atoms with Crippen LogP contribution in [0.1, 0.15) is 32.4 Å². The topological polar surface area (TPSA) is 59.8 Å². The molecule has 0 aliphatic carbocycles. The van der Waals surface area contributed by atoms with E-state index < -0.39 is 0 Å². The van der Waals surface area contributed by atoms with Crippen molar-refractivity contribution in [2.45, 2.75) is 32.7 Å². The van der Waals surface area contributed by atoms with Crippen molar-refractivity contribution >= 4 is 18.0 Å². The number of esters is 1. The molecular formula is C15H21NO4. The molecule has 0 N–H and O–H groups in total. The summed E-state index contributed by atoms with van der Waals surface area (Å²) in [6, 6.07) is 3.59. The highest BCUT2D eigenvalue weighted by molar-refractivity contribution is 5.91. The maximum absolute atomic E-state index is 12.2. The summed E-state index contributed by atoms with van der Waals surface area (Å²) in [5.41, 5.74) is 0. The van der Waals surface area contributed by atoms with Gasteiger partial charge in [0.2, 0.25) is 5.91 Å². The highest BCUT2D eigenvalue weighted by Crippen LogP contribution is 2.08. The minimum absolute atomic E-state index is 0.0633. The third kappa shape index (κ3) is 4.91. The van der Waals surface area contributed by atoms with Crippen molar-refractivity contribution in [3.8, 4) is 0 Å². The molecule has 0 bridgehead atoms. The van der Waals surface area contributed by atoms with Crippen molar-refractivity contribution in [2.75, 3.05) is 13.7 Å². The molecule has 0 saturated heterocycles. The van der Waals surface area contributed by atoms with E-state index in [1.165, 1.54) is 13.2 Å². The lowest BCUT2D eigenvalue weighted by molar-refractivity contribution is -0.141. The summed E-state index contributed by atoms with van der Waals surface area (Å²) in [4.78, 5) is 25.0. The van der Waals surface area contributed by atoms with Crippen LogP contribution in [0.15, 0.2) is 28.9 Å². The van der Waals surface area contributed by atoms with Crippen LogP contribution in [-0.2, 0) is 14.3 Å². The van der Waals surface area contributed by atoms with Crippen molar-refractivity contribution in [3.63, 3.8) is 0 Å². The minimum Gasteiger partial charge on any atom is -0.469 e. The van der Waals surface area contributed by atoms with Crippen molar-refractivity contribution in [1.29, 1.82) is 0 Å². The zero-order valence-corrected chi connectivity index (χ0v) is 12.2. The van der Waals surface area contributed by atoms with E-state index in [4.69, 9.17) is 4.42 Å². The Morgan fingerprint density at radius 3 is 2.80 bits per heavy atom. The minimum atomic E-state index is -0.318. The molecule has 1 atom stereocenters. The number of ether oxygens (including phenoxy) is 1. The normalized spacial score (nSPS) is 12.3. The van der Waals surface area contributed by atoms with Crippen LogP contribution in [0, 0.1) is 0 Å². The number of nitrogens with zero attached hydrogens (tertiary/aromatic N) is 1. The van der Waals surface area contributed by atoms with E-state index in [9.17, 15) is 9.59 Å². The van der Waals surface area contributed by atoms with Gasteiger partial charge in [0, 0.05) is 18.7 Å². The predicted molar refractivity (Wildman–Crippen MR) is 75.8 cm³/mol. The van der Waals surface area contributed by atoms with Gasteiger partial charge in [0.15, 0.2) is 0 Å². The zero-order valence-electron chi connectivity index (χ0n) is 12.2. The Balaban J connectivity index is 2.66. The third-order valence-corrected chi connectivity index (χ3v) is 3.12. The molecule has 0 fully saturated rings. The van der Waals surface area contributed by atoms with E-state index in [0.29, 0.717) is 12.3 Å². The molecule has 1 rings (SSSR count). The molecule has 1 heterocycles. The maximum atomic E-state index is 12.2. The molecule has 0 aliphatic rings. The quantitative estimate of drug-likeness (QED) is 0.568. The Bertz CT molecular complexity index is 450. The van der Waals surface area contributed by atoms with Crippen LogP contribution in [0.4, 0.5) is 0 Å². The number of carbonyl (C=O) groups is 2. The number of hydrogen-bond acceptors (Lipinski definition) is 4. The standard InChI is InChI=1S/C15H21NO4/c1-4-12(2)16(10-9-15(18)19-3)14(17)8-7-13-6-5-11-20-13/h5-8,11-12H,4,9-10H2,1-3H3/b8-7+. The van der Waals surface area contributed by atoms with E-state index in [2.05, 4.69) is 4.74 Å². The van der Waals surface area contributed by atoms with Crippen LogP contribution in [0.25, 0.3) is 6.08 Å². The van der Waals surface area contributed by atoms with Gasteiger partial charge in [-0.25, -0.2) is 0 Å². The van der Waals surface area contributed by atoms with Gasteiger partial charge in [-0.05, 0) is 31.6 Å². The van der Waals surface area contributed by atoms with E-state index in [0.717, 1.165) is 6.42 Å². The lowest BCUT2D eigenvalue weighted by Gasteiger charge is -2.27. The van der Waals surface area contributed by atoms with Crippen LogP contribution in [0.2, 0.25) is 0 Å². The van der Waals surface area contributed by atoms with Crippen molar-refractivity contribution in [1.82, 2.24) is 4.90 Å². The summed E-state index contributed by atoms with van der Waals surface area (Å²) in [6.45, 7) is 4.30. The SMILES string of the molecule is CCC(C)N(CCC(=O)OC)C(=O)/C=C/c1ccco1. The van der Waals surface area contributed by atoms with Gasteiger partial charge in [0.1, 0.15) is 5.76 Å². The smallest absolute Gasteiger partial charge is 0.307 e. The van der Waals surface area contributed by atoms with Crippen LogP contribution in [0.3, 0.4) is 0 Å². The van der Waals surface area contributed by atoms with Gasteiger partial charge in [-0.15, -0.1) is 0 Å². The first kappa shape index (κ1) is 16.0. The fraction of sp³-hybridized carbons (Fsp3) is 0.467. The summed E-state index contributed by atoms with van der Waals surface area (Å²) in [5, 5.41) is 0. The van der Waals surface area contributed by atoms with Crippen molar-refractivity contribution < 1.29 is 18.7 Å².